The minimum Gasteiger partial charge on any atom is -0.507 e. The molecule has 0 spiro atoms. The van der Waals surface area contributed by atoms with Crippen LogP contribution in [0.5, 0.6) is 5.75 Å². The summed E-state index contributed by atoms with van der Waals surface area (Å²) in [4.78, 5) is -0.864. The summed E-state index contributed by atoms with van der Waals surface area (Å²) in [6, 6.07) is 6.63. The lowest BCUT2D eigenvalue weighted by Crippen LogP contribution is -1.79. The summed E-state index contributed by atoms with van der Waals surface area (Å²) in [5.74, 6) is 0.361. The van der Waals surface area contributed by atoms with Crippen LogP contribution in [0.3, 0.4) is 0 Å². The molecule has 0 bridgehead atoms. The number of rotatable bonds is 2. The van der Waals surface area contributed by atoms with Crippen LogP contribution in [0.1, 0.15) is 10.7 Å². The van der Waals surface area contributed by atoms with E-state index in [0.29, 0.717) is 5.56 Å². The molecule has 2 aromatic rings. The van der Waals surface area contributed by atoms with Gasteiger partial charge in [0.05, 0.1) is 5.56 Å². The molecule has 1 aromatic carbocycles. The van der Waals surface area contributed by atoms with E-state index >= 15 is 0 Å². The summed E-state index contributed by atoms with van der Waals surface area (Å²) in [5.41, 5.74) is 0.449. The number of hydrogen-bond donors (Lipinski definition) is 1. The molecule has 0 radical (unpaired) electrons. The molecule has 6 heteroatoms. The van der Waals surface area contributed by atoms with Gasteiger partial charge in [0.2, 0.25) is 5.89 Å². The molecule has 0 fully saturated rings. The SMILES string of the molecule is Oc1ccccc1-c1nnc(C(Cl)Cl)o1. The van der Waals surface area contributed by atoms with Crippen molar-refractivity contribution in [2.24, 2.45) is 0 Å². The summed E-state index contributed by atoms with van der Waals surface area (Å²) in [6.07, 6.45) is 0. The van der Waals surface area contributed by atoms with Crippen LogP contribution in [0.2, 0.25) is 0 Å². The number of alkyl halides is 2. The van der Waals surface area contributed by atoms with Gasteiger partial charge < -0.3 is 9.52 Å². The number of benzene rings is 1. The Balaban J connectivity index is 2.42. The predicted molar refractivity (Wildman–Crippen MR) is 55.8 cm³/mol. The van der Waals surface area contributed by atoms with Crippen molar-refractivity contribution in [1.29, 1.82) is 0 Å². The van der Waals surface area contributed by atoms with Gasteiger partial charge in [0, 0.05) is 0 Å². The van der Waals surface area contributed by atoms with E-state index in [1.54, 1.807) is 18.2 Å². The molecule has 0 saturated carbocycles. The molecule has 0 atom stereocenters. The molecule has 1 N–H and O–H groups in total. The zero-order chi connectivity index (χ0) is 10.8. The summed E-state index contributed by atoms with van der Waals surface area (Å²) in [5, 5.41) is 16.9. The monoisotopic (exact) mass is 244 g/mol. The Hall–Kier alpha value is -1.26. The first kappa shape index (κ1) is 10.3. The third kappa shape index (κ3) is 2.06. The van der Waals surface area contributed by atoms with Crippen LogP contribution in [-0.4, -0.2) is 15.3 Å². The van der Waals surface area contributed by atoms with E-state index in [-0.39, 0.29) is 17.5 Å². The molecular weight excluding hydrogens is 239 g/mol. The van der Waals surface area contributed by atoms with Crippen LogP contribution in [0.25, 0.3) is 11.5 Å². The van der Waals surface area contributed by atoms with Gasteiger partial charge in [-0.2, -0.15) is 0 Å². The van der Waals surface area contributed by atoms with E-state index in [4.69, 9.17) is 27.6 Å². The molecule has 78 valence electrons. The number of phenolic OH excluding ortho intramolecular Hbond substituents is 1. The van der Waals surface area contributed by atoms with Crippen LogP contribution in [-0.2, 0) is 0 Å². The highest BCUT2D eigenvalue weighted by Crippen LogP contribution is 2.30. The Morgan fingerprint density at radius 2 is 1.93 bits per heavy atom. The number of aromatic nitrogens is 2. The first-order valence-corrected chi connectivity index (χ1v) is 4.95. The largest absolute Gasteiger partial charge is 0.507 e. The van der Waals surface area contributed by atoms with Crippen LogP contribution in [0, 0.1) is 0 Å². The smallest absolute Gasteiger partial charge is 0.251 e. The lowest BCUT2D eigenvalue weighted by molar-refractivity contribution is 0.470. The Morgan fingerprint density at radius 1 is 1.20 bits per heavy atom. The van der Waals surface area contributed by atoms with Crippen molar-refractivity contribution in [3.63, 3.8) is 0 Å². The molecule has 1 heterocycles. The summed E-state index contributed by atoms with van der Waals surface area (Å²) < 4.78 is 5.17. The normalized spacial score (nSPS) is 10.9. The number of halogens is 2. The molecule has 4 nitrogen and oxygen atoms in total. The Labute approximate surface area is 95.5 Å². The molecule has 0 unspecified atom stereocenters. The van der Waals surface area contributed by atoms with Gasteiger partial charge in [-0.1, -0.05) is 35.3 Å². The fraction of sp³-hybridized carbons (Fsp3) is 0.111. The predicted octanol–water partition coefficient (Wildman–Crippen LogP) is 2.92. The van der Waals surface area contributed by atoms with Gasteiger partial charge in [0.15, 0.2) is 4.84 Å². The van der Waals surface area contributed by atoms with E-state index in [9.17, 15) is 5.11 Å². The second-order valence-electron chi connectivity index (χ2n) is 2.76. The Kier molecular flexibility index (Phi) is 2.79. The fourth-order valence-corrected chi connectivity index (χ4v) is 1.26. The summed E-state index contributed by atoms with van der Waals surface area (Å²) in [6.45, 7) is 0. The van der Waals surface area contributed by atoms with Gasteiger partial charge in [0.25, 0.3) is 5.89 Å². The molecular formula is C9H6Cl2N2O2. The first-order valence-electron chi connectivity index (χ1n) is 4.08. The first-order chi connectivity index (χ1) is 7.18. The number of aromatic hydroxyl groups is 1. The minimum absolute atomic E-state index is 0.0633. The van der Waals surface area contributed by atoms with E-state index in [0.717, 1.165) is 0 Å². The molecule has 2 rings (SSSR count). The van der Waals surface area contributed by atoms with Crippen LogP contribution in [0.4, 0.5) is 0 Å². The van der Waals surface area contributed by atoms with Crippen molar-refractivity contribution in [3.05, 3.63) is 30.2 Å². The van der Waals surface area contributed by atoms with Crippen LogP contribution in [0.15, 0.2) is 28.7 Å². The second-order valence-corrected chi connectivity index (χ2v) is 3.86. The zero-order valence-electron chi connectivity index (χ0n) is 7.39. The Morgan fingerprint density at radius 3 is 2.53 bits per heavy atom. The third-order valence-electron chi connectivity index (χ3n) is 1.76. The van der Waals surface area contributed by atoms with Crippen molar-refractivity contribution >= 4 is 23.2 Å². The highest BCUT2D eigenvalue weighted by Gasteiger charge is 2.15. The van der Waals surface area contributed by atoms with Crippen LogP contribution >= 0.6 is 23.2 Å². The van der Waals surface area contributed by atoms with E-state index in [1.807, 2.05) is 0 Å². The number of para-hydroxylation sites is 1. The maximum atomic E-state index is 9.52. The minimum atomic E-state index is -0.864. The molecule has 0 aliphatic rings. The second kappa shape index (κ2) is 4.08. The number of phenols is 1. The van der Waals surface area contributed by atoms with E-state index in [1.165, 1.54) is 6.07 Å². The summed E-state index contributed by atoms with van der Waals surface area (Å²) >= 11 is 11.1. The van der Waals surface area contributed by atoms with Crippen LogP contribution < -0.4 is 0 Å². The highest BCUT2D eigenvalue weighted by molar-refractivity contribution is 6.43. The lowest BCUT2D eigenvalue weighted by atomic mass is 10.2. The van der Waals surface area contributed by atoms with Crippen molar-refractivity contribution in [3.8, 4) is 17.2 Å². The molecule has 15 heavy (non-hydrogen) atoms. The van der Waals surface area contributed by atoms with Gasteiger partial charge in [-0.05, 0) is 12.1 Å². The molecule has 0 saturated heterocycles. The quantitative estimate of drug-likeness (QED) is 0.826. The van der Waals surface area contributed by atoms with Crippen molar-refractivity contribution in [2.75, 3.05) is 0 Å². The highest BCUT2D eigenvalue weighted by atomic mass is 35.5. The topological polar surface area (TPSA) is 59.2 Å². The maximum Gasteiger partial charge on any atom is 0.251 e. The number of hydrogen-bond acceptors (Lipinski definition) is 4. The zero-order valence-corrected chi connectivity index (χ0v) is 8.90. The average Bonchev–Trinajstić information content (AvgIpc) is 2.67. The van der Waals surface area contributed by atoms with Crippen molar-refractivity contribution < 1.29 is 9.52 Å². The maximum absolute atomic E-state index is 9.52. The molecule has 1 aromatic heterocycles. The van der Waals surface area contributed by atoms with Gasteiger partial charge in [0.1, 0.15) is 5.75 Å². The van der Waals surface area contributed by atoms with Gasteiger partial charge in [-0.15, -0.1) is 10.2 Å². The summed E-state index contributed by atoms with van der Waals surface area (Å²) in [7, 11) is 0. The van der Waals surface area contributed by atoms with E-state index in [2.05, 4.69) is 10.2 Å². The molecule has 0 aliphatic heterocycles. The molecule has 0 aliphatic carbocycles. The standard InChI is InChI=1S/C9H6Cl2N2O2/c10-7(11)9-13-12-8(15-9)5-3-1-2-4-6(5)14/h1-4,7,14H. The lowest BCUT2D eigenvalue weighted by Gasteiger charge is -1.97. The van der Waals surface area contributed by atoms with Crippen molar-refractivity contribution in [1.82, 2.24) is 10.2 Å². The molecule has 0 amide bonds. The fourth-order valence-electron chi connectivity index (χ4n) is 1.09. The van der Waals surface area contributed by atoms with E-state index < -0.39 is 4.84 Å². The number of nitrogens with zero attached hydrogens (tertiary/aromatic N) is 2. The Bertz CT molecular complexity index is 471. The van der Waals surface area contributed by atoms with Gasteiger partial charge >= 0.3 is 0 Å². The van der Waals surface area contributed by atoms with Gasteiger partial charge in [-0.3, -0.25) is 0 Å². The van der Waals surface area contributed by atoms with Crippen molar-refractivity contribution in [2.45, 2.75) is 4.84 Å². The van der Waals surface area contributed by atoms with Gasteiger partial charge in [-0.25, -0.2) is 0 Å². The third-order valence-corrected chi connectivity index (χ3v) is 2.14. The average molecular weight is 245 g/mol.